The minimum Gasteiger partial charge on any atom is -0.378 e. The zero-order valence-electron chi connectivity index (χ0n) is 70.4. The first-order valence-electron chi connectivity index (χ1n) is 44.4. The summed E-state index contributed by atoms with van der Waals surface area (Å²) in [5.74, 6) is -2.27. The van der Waals surface area contributed by atoms with Crippen LogP contribution in [0.15, 0.2) is 49.1 Å². The minimum absolute atomic E-state index is 0.00932. The van der Waals surface area contributed by atoms with Gasteiger partial charge in [-0.15, -0.1) is 0 Å². The lowest BCUT2D eigenvalue weighted by molar-refractivity contribution is -0.139. The maximum absolute atomic E-state index is 14.2. The van der Waals surface area contributed by atoms with Gasteiger partial charge in [0.25, 0.3) is 0 Å². The van der Waals surface area contributed by atoms with Gasteiger partial charge in [0, 0.05) is 127 Å². The Labute approximate surface area is 698 Å². The van der Waals surface area contributed by atoms with E-state index >= 15 is 0 Å². The van der Waals surface area contributed by atoms with E-state index in [4.69, 9.17) is 28.4 Å². The van der Waals surface area contributed by atoms with E-state index in [-0.39, 0.29) is 184 Å². The predicted molar refractivity (Wildman–Crippen MR) is 438 cm³/mol. The molecular formula is C87H131F3N14O15. The predicted octanol–water partition coefficient (Wildman–Crippen LogP) is 8.70. The number of halogens is 3. The summed E-state index contributed by atoms with van der Waals surface area (Å²) in [5, 5.41) is 21.8. The van der Waals surface area contributed by atoms with Crippen LogP contribution in [0.5, 0.6) is 0 Å². The summed E-state index contributed by atoms with van der Waals surface area (Å²) >= 11 is 0. The highest BCUT2D eigenvalue weighted by atomic mass is 19.4. The van der Waals surface area contributed by atoms with Crippen molar-refractivity contribution >= 4 is 69.9 Å². The van der Waals surface area contributed by atoms with E-state index in [0.717, 1.165) is 114 Å². The molecule has 119 heavy (non-hydrogen) atoms. The molecule has 2 aromatic heterocycles. The Hall–Kier alpha value is -7.75. The van der Waals surface area contributed by atoms with Crippen LogP contribution in [0, 0.1) is 11.8 Å². The Morgan fingerprint density at radius 3 is 1.64 bits per heavy atom. The number of rotatable bonds is 42. The van der Waals surface area contributed by atoms with Crippen LogP contribution in [-0.4, -0.2) is 260 Å². The van der Waals surface area contributed by atoms with Gasteiger partial charge in [-0.1, -0.05) is 25.3 Å². The molecule has 29 nitrogen and oxygen atoms in total. The van der Waals surface area contributed by atoms with Crippen LogP contribution in [-0.2, 0) is 77.7 Å². The Bertz CT molecular complexity index is 3740. The van der Waals surface area contributed by atoms with Crippen molar-refractivity contribution in [3.05, 3.63) is 60.2 Å². The van der Waals surface area contributed by atoms with E-state index in [1.54, 1.807) is 30.4 Å². The lowest BCUT2D eigenvalue weighted by Crippen LogP contribution is -2.59. The first-order chi connectivity index (χ1) is 57.5. The van der Waals surface area contributed by atoms with Gasteiger partial charge in [0.1, 0.15) is 31.3 Å². The number of aromatic nitrogens is 3. The Morgan fingerprint density at radius 2 is 1.11 bits per heavy atom. The van der Waals surface area contributed by atoms with E-state index < -0.39 is 35.5 Å². The van der Waals surface area contributed by atoms with Gasteiger partial charge < -0.3 is 85.2 Å². The molecule has 2 aliphatic heterocycles. The number of nitrogens with zero attached hydrogens (tertiary/aromatic N) is 7. The van der Waals surface area contributed by atoms with Crippen molar-refractivity contribution in [2.24, 2.45) is 11.8 Å². The van der Waals surface area contributed by atoms with E-state index in [9.17, 15) is 56.3 Å². The fraction of sp³-hybridized carbons (Fsp3) is 0.747. The molecule has 2 saturated heterocycles. The van der Waals surface area contributed by atoms with Crippen LogP contribution in [0.2, 0.25) is 0 Å². The summed E-state index contributed by atoms with van der Waals surface area (Å²) in [6.07, 6.45) is 23.2. The maximum Gasteiger partial charge on any atom is 0.416 e. The molecule has 660 valence electrons. The highest BCUT2D eigenvalue weighted by Gasteiger charge is 2.46. The Balaban J connectivity index is 0.546. The molecule has 1 aromatic carbocycles. The summed E-state index contributed by atoms with van der Waals surface area (Å²) in [4.78, 5) is 140. The number of ether oxygens (including phenoxy) is 6. The van der Waals surface area contributed by atoms with Crippen LogP contribution in [0.25, 0.3) is 10.9 Å². The molecule has 0 bridgehead atoms. The highest BCUT2D eigenvalue weighted by Crippen LogP contribution is 2.39. The van der Waals surface area contributed by atoms with Gasteiger partial charge in [-0.3, -0.25) is 48.1 Å². The van der Waals surface area contributed by atoms with E-state index in [1.807, 2.05) is 11.0 Å². The smallest absolute Gasteiger partial charge is 0.378 e. The summed E-state index contributed by atoms with van der Waals surface area (Å²) in [7, 11) is 3.80. The molecule has 8 aliphatic rings. The van der Waals surface area contributed by atoms with Crippen molar-refractivity contribution < 1.29 is 84.7 Å². The van der Waals surface area contributed by atoms with Crippen LogP contribution in [0.3, 0.4) is 0 Å². The number of carbonyl (C=O) groups is 9. The van der Waals surface area contributed by atoms with E-state index in [0.29, 0.717) is 128 Å². The molecule has 7 N–H and O–H groups in total. The molecule has 4 heterocycles. The molecule has 0 unspecified atom stereocenters. The van der Waals surface area contributed by atoms with Crippen molar-refractivity contribution in [3.63, 3.8) is 0 Å². The second-order valence-electron chi connectivity index (χ2n) is 34.4. The fourth-order valence-electron chi connectivity index (χ4n) is 18.6. The molecule has 0 spiro atoms. The second-order valence-corrected chi connectivity index (χ2v) is 34.4. The minimum atomic E-state index is -4.57. The average molecular weight is 1670 g/mol. The lowest BCUT2D eigenvalue weighted by atomic mass is 9.82. The zero-order chi connectivity index (χ0) is 84.2. The number of fused-ring (bicyclic) bond motifs is 1. The number of likely N-dealkylation sites (tertiary alicyclic amines) is 2. The van der Waals surface area contributed by atoms with Crippen molar-refractivity contribution in [1.29, 1.82) is 0 Å². The standard InChI is InChI=1S/C87H131F3N14O15/c1-57(2)101(3)63-23-37-75(104-43-38-73(86(104)113)99-83-70-50-60(87(88,89)90)20-36-72(70)95-56-96-83)74(51-63)100-84(111)58-18-21-62(22-19-58)98-77(106)16-10-45-115-65-26-32-68(33-27-65)118-48-41-93-79(108)55-103(54-78(107)92-40-47-117-67-30-24-64(25-31-67)114-44-9-15-76(105)97-61-13-6-5-7-14-61)80(109)17-11-46-116-66-28-34-69(35-29-66)119-49-42-94-85(112)71-52-81(110)102(4)82(71)59-12-8-39-91-53-59/h8,12,20,36,39,50,53,56-58,61-69,71,73-75,82H,5-7,9-11,13-19,21-35,37-38,40-49,51-52,54-55H2,1-4H3,(H,92,107)(H,93,108)(H,94,112)(H,97,105)(H,98,106)(H,100,111)(H,95,96,99)/t58?,62?,63-,64?,65?,66?,67?,68?,69?,71+,73+,74-,75+,82-/m1/s1. The lowest BCUT2D eigenvalue weighted by Gasteiger charge is -2.45. The topological polar surface area (TPSA) is 345 Å². The van der Waals surface area contributed by atoms with Gasteiger partial charge in [0.15, 0.2) is 0 Å². The number of nitrogens with one attached hydrogen (secondary N) is 7. The number of pyridine rings is 1. The van der Waals surface area contributed by atoms with E-state index in [1.165, 1.54) is 36.6 Å². The van der Waals surface area contributed by atoms with Crippen molar-refractivity contribution in [3.8, 4) is 0 Å². The number of anilines is 1. The normalized spacial score (nSPS) is 26.5. The van der Waals surface area contributed by atoms with Crippen molar-refractivity contribution in [1.82, 2.24) is 66.5 Å². The zero-order valence-corrected chi connectivity index (χ0v) is 70.4. The summed E-state index contributed by atoms with van der Waals surface area (Å²) in [6, 6.07) is 5.96. The molecule has 32 heteroatoms. The number of hydrogen-bond donors (Lipinski definition) is 7. The molecule has 0 radical (unpaired) electrons. The van der Waals surface area contributed by atoms with Crippen molar-refractivity contribution in [2.45, 2.75) is 310 Å². The Morgan fingerprint density at radius 1 is 0.580 bits per heavy atom. The number of alkyl halides is 3. The largest absolute Gasteiger partial charge is 0.416 e. The highest BCUT2D eigenvalue weighted by molar-refractivity contribution is 5.94. The summed E-state index contributed by atoms with van der Waals surface area (Å²) in [6.45, 7) is 6.99. The summed E-state index contributed by atoms with van der Waals surface area (Å²) < 4.78 is 78.3. The second kappa shape index (κ2) is 46.5. The molecule has 3 aromatic rings. The Kier molecular flexibility index (Phi) is 35.9. The van der Waals surface area contributed by atoms with Crippen LogP contribution in [0.4, 0.5) is 19.0 Å². The molecular weight excluding hydrogens is 1540 g/mol. The quantitative estimate of drug-likeness (QED) is 0.0261. The third-order valence-electron chi connectivity index (χ3n) is 25.7. The molecule has 11 rings (SSSR count). The number of carbonyl (C=O) groups excluding carboxylic acids is 9. The van der Waals surface area contributed by atoms with E-state index in [2.05, 4.69) is 78.0 Å². The number of benzene rings is 1. The molecule has 8 fully saturated rings. The SMILES string of the molecule is CC(C)N(C)[C@@H]1CC[C@H](N2CC[C@H](Nc3ncnc4ccc(C(F)(F)F)cc34)C2=O)[C@H](NC(=O)C2CCC(NC(=O)CCCOC3CCC(OCCNC(=O)CN(CC(=O)NCCOC4CCC(OCCCC(=O)NC5CCCCC5)CC4)C(=O)CCCOC4CCC(OCCNC(=O)[C@H]5CC(=O)N(C)[C@@H]5c5cccnc5)CC4)CC3)CC2)C1. The third kappa shape index (κ3) is 28.4. The molecule has 6 saturated carbocycles. The van der Waals surface area contributed by atoms with Gasteiger partial charge in [0.2, 0.25) is 53.2 Å². The van der Waals surface area contributed by atoms with Crippen LogP contribution >= 0.6 is 0 Å². The van der Waals surface area contributed by atoms with Gasteiger partial charge in [-0.2, -0.15) is 13.2 Å². The van der Waals surface area contributed by atoms with Gasteiger partial charge in [-0.25, -0.2) is 9.97 Å². The van der Waals surface area contributed by atoms with Gasteiger partial charge in [0.05, 0.1) is 91.6 Å². The first-order valence-corrected chi connectivity index (χ1v) is 44.4. The van der Waals surface area contributed by atoms with Gasteiger partial charge >= 0.3 is 6.18 Å². The fourth-order valence-corrected chi connectivity index (χ4v) is 18.6. The average Bonchev–Trinajstić information content (AvgIpc) is 1.76. The monoisotopic (exact) mass is 1670 g/mol. The molecule has 6 aliphatic carbocycles. The van der Waals surface area contributed by atoms with Crippen molar-refractivity contribution in [2.75, 3.05) is 98.3 Å². The maximum atomic E-state index is 14.2. The number of hydrogen-bond acceptors (Lipinski definition) is 20. The summed E-state index contributed by atoms with van der Waals surface area (Å²) in [5.41, 5.74) is 0.307. The first kappa shape index (κ1) is 92.0. The number of amides is 9. The molecule has 6 atom stereocenters. The van der Waals surface area contributed by atoms with Gasteiger partial charge in [-0.05, 0) is 211 Å². The molecule has 9 amide bonds. The van der Waals surface area contributed by atoms with Crippen LogP contribution in [0.1, 0.15) is 236 Å². The third-order valence-corrected chi connectivity index (χ3v) is 25.7. The van der Waals surface area contributed by atoms with Crippen LogP contribution < -0.4 is 37.2 Å².